The molecular formula is C30H36ClN3O5S. The Balaban J connectivity index is 2.03. The average molecular weight is 586 g/mol. The van der Waals surface area contributed by atoms with Crippen molar-refractivity contribution in [3.8, 4) is 5.75 Å². The van der Waals surface area contributed by atoms with Crippen molar-refractivity contribution < 1.29 is 22.7 Å². The predicted octanol–water partition coefficient (Wildman–Crippen LogP) is 5.27. The lowest BCUT2D eigenvalue weighted by Crippen LogP contribution is -2.53. The zero-order valence-electron chi connectivity index (χ0n) is 23.2. The van der Waals surface area contributed by atoms with Crippen LogP contribution in [0, 0.1) is 0 Å². The molecule has 2 amide bonds. The zero-order valence-corrected chi connectivity index (χ0v) is 24.8. The minimum atomic E-state index is -4.13. The standard InChI is InChI=1S/C30H36ClN3O5S/c1-5-22(3)32-30(36)28(6-2)33(20-23-12-18-26(39-4)19-13-23)29(35)21-34(25-16-14-24(31)15-17-25)40(37,38)27-10-8-7-9-11-27/h7-19,22,28H,5-6,20-21H2,1-4H3,(H,32,36)/t22-,28-/m0/s1. The average Bonchev–Trinajstić information content (AvgIpc) is 2.96. The third kappa shape index (κ3) is 7.76. The highest BCUT2D eigenvalue weighted by molar-refractivity contribution is 7.92. The normalized spacial score (nSPS) is 12.7. The highest BCUT2D eigenvalue weighted by Crippen LogP contribution is 2.26. The van der Waals surface area contributed by atoms with E-state index in [1.54, 1.807) is 61.7 Å². The van der Waals surface area contributed by atoms with Gasteiger partial charge in [-0.2, -0.15) is 0 Å². The van der Waals surface area contributed by atoms with E-state index in [1.807, 2.05) is 32.9 Å². The molecule has 8 nitrogen and oxygen atoms in total. The Kier molecular flexibility index (Phi) is 11.0. The van der Waals surface area contributed by atoms with Crippen molar-refractivity contribution in [3.63, 3.8) is 0 Å². The van der Waals surface area contributed by atoms with E-state index in [9.17, 15) is 18.0 Å². The minimum Gasteiger partial charge on any atom is -0.497 e. The maximum atomic E-state index is 14.0. The van der Waals surface area contributed by atoms with Crippen LogP contribution in [-0.2, 0) is 26.2 Å². The molecule has 0 saturated carbocycles. The molecule has 0 bridgehead atoms. The van der Waals surface area contributed by atoms with Gasteiger partial charge in [0.1, 0.15) is 18.3 Å². The number of nitrogens with zero attached hydrogens (tertiary/aromatic N) is 2. The van der Waals surface area contributed by atoms with Crippen molar-refractivity contribution in [3.05, 3.63) is 89.4 Å². The summed E-state index contributed by atoms with van der Waals surface area (Å²) in [5, 5.41) is 3.40. The highest BCUT2D eigenvalue weighted by Gasteiger charge is 2.34. The zero-order chi connectivity index (χ0) is 29.3. The number of carbonyl (C=O) groups excluding carboxylic acids is 2. The molecule has 10 heteroatoms. The van der Waals surface area contributed by atoms with Crippen LogP contribution in [0.2, 0.25) is 5.02 Å². The number of anilines is 1. The molecule has 3 aromatic carbocycles. The molecule has 0 saturated heterocycles. The quantitative estimate of drug-likeness (QED) is 0.295. The number of methoxy groups -OCH3 is 1. The number of hydrogen-bond acceptors (Lipinski definition) is 5. The van der Waals surface area contributed by atoms with Gasteiger partial charge in [0, 0.05) is 17.6 Å². The van der Waals surface area contributed by atoms with Gasteiger partial charge >= 0.3 is 0 Å². The fourth-order valence-electron chi connectivity index (χ4n) is 4.14. The fraction of sp³-hybridized carbons (Fsp3) is 0.333. The van der Waals surface area contributed by atoms with Crippen LogP contribution < -0.4 is 14.4 Å². The van der Waals surface area contributed by atoms with Gasteiger partial charge in [0.2, 0.25) is 11.8 Å². The van der Waals surface area contributed by atoms with Crippen molar-refractivity contribution in [1.29, 1.82) is 0 Å². The summed E-state index contributed by atoms with van der Waals surface area (Å²) in [6.07, 6.45) is 1.07. The first kappa shape index (κ1) is 31.0. The minimum absolute atomic E-state index is 0.0426. The van der Waals surface area contributed by atoms with Gasteiger partial charge in [0.05, 0.1) is 17.7 Å². The van der Waals surface area contributed by atoms with Crippen LogP contribution in [0.25, 0.3) is 0 Å². The molecule has 0 aliphatic heterocycles. The number of benzene rings is 3. The molecule has 3 aromatic rings. The molecule has 0 fully saturated rings. The van der Waals surface area contributed by atoms with E-state index in [1.165, 1.54) is 17.0 Å². The Morgan fingerprint density at radius 2 is 1.55 bits per heavy atom. The maximum Gasteiger partial charge on any atom is 0.264 e. The second kappa shape index (κ2) is 14.2. The van der Waals surface area contributed by atoms with Crippen molar-refractivity contribution >= 4 is 39.1 Å². The van der Waals surface area contributed by atoms with Crippen LogP contribution >= 0.6 is 11.6 Å². The summed E-state index contributed by atoms with van der Waals surface area (Å²) in [6, 6.07) is 20.5. The Morgan fingerprint density at radius 3 is 2.10 bits per heavy atom. The largest absolute Gasteiger partial charge is 0.497 e. The lowest BCUT2D eigenvalue weighted by molar-refractivity contribution is -0.140. The van der Waals surface area contributed by atoms with Gasteiger partial charge < -0.3 is 15.0 Å². The molecule has 0 unspecified atom stereocenters. The van der Waals surface area contributed by atoms with E-state index >= 15 is 0 Å². The van der Waals surface area contributed by atoms with Gasteiger partial charge in [-0.1, -0.05) is 55.8 Å². The van der Waals surface area contributed by atoms with Gasteiger partial charge in [0.25, 0.3) is 10.0 Å². The molecule has 0 radical (unpaired) electrons. The third-order valence-electron chi connectivity index (χ3n) is 6.62. The Morgan fingerprint density at radius 1 is 0.925 bits per heavy atom. The Labute approximate surface area is 241 Å². The van der Waals surface area contributed by atoms with Crippen LogP contribution in [0.4, 0.5) is 5.69 Å². The molecule has 3 rings (SSSR count). The van der Waals surface area contributed by atoms with Crippen molar-refractivity contribution in [1.82, 2.24) is 10.2 Å². The number of carbonyl (C=O) groups is 2. The van der Waals surface area contributed by atoms with E-state index in [0.29, 0.717) is 17.2 Å². The topological polar surface area (TPSA) is 96.0 Å². The van der Waals surface area contributed by atoms with Crippen LogP contribution in [0.5, 0.6) is 5.75 Å². The molecule has 0 aliphatic rings. The number of amides is 2. The molecular weight excluding hydrogens is 550 g/mol. The first-order chi connectivity index (χ1) is 19.1. The van der Waals surface area contributed by atoms with Crippen LogP contribution in [0.1, 0.15) is 39.2 Å². The first-order valence-electron chi connectivity index (χ1n) is 13.2. The summed E-state index contributed by atoms with van der Waals surface area (Å²) in [7, 11) is -2.56. The smallest absolute Gasteiger partial charge is 0.264 e. The fourth-order valence-corrected chi connectivity index (χ4v) is 5.71. The number of sulfonamides is 1. The van der Waals surface area contributed by atoms with E-state index in [2.05, 4.69) is 5.32 Å². The molecule has 0 aliphatic carbocycles. The van der Waals surface area contributed by atoms with Gasteiger partial charge in [-0.25, -0.2) is 8.42 Å². The van der Waals surface area contributed by atoms with E-state index in [0.717, 1.165) is 16.3 Å². The summed E-state index contributed by atoms with van der Waals surface area (Å²) >= 11 is 6.07. The predicted molar refractivity (Wildman–Crippen MR) is 158 cm³/mol. The molecule has 0 heterocycles. The second-order valence-electron chi connectivity index (χ2n) is 9.41. The monoisotopic (exact) mass is 585 g/mol. The van der Waals surface area contributed by atoms with Gasteiger partial charge in [-0.05, 0) is 73.9 Å². The first-order valence-corrected chi connectivity index (χ1v) is 15.0. The lowest BCUT2D eigenvalue weighted by Gasteiger charge is -2.33. The van der Waals surface area contributed by atoms with Gasteiger partial charge in [0.15, 0.2) is 0 Å². The number of hydrogen-bond donors (Lipinski definition) is 1. The number of halogens is 1. The summed E-state index contributed by atoms with van der Waals surface area (Å²) < 4.78 is 33.9. The maximum absolute atomic E-state index is 14.0. The van der Waals surface area contributed by atoms with Crippen molar-refractivity contribution in [2.24, 2.45) is 0 Å². The number of nitrogens with one attached hydrogen (secondary N) is 1. The van der Waals surface area contributed by atoms with Gasteiger partial charge in [-0.15, -0.1) is 0 Å². The van der Waals surface area contributed by atoms with E-state index in [4.69, 9.17) is 16.3 Å². The van der Waals surface area contributed by atoms with Crippen LogP contribution in [0.3, 0.4) is 0 Å². The lowest BCUT2D eigenvalue weighted by atomic mass is 10.1. The van der Waals surface area contributed by atoms with Gasteiger partial charge in [-0.3, -0.25) is 13.9 Å². The van der Waals surface area contributed by atoms with E-state index < -0.39 is 28.5 Å². The molecule has 40 heavy (non-hydrogen) atoms. The molecule has 214 valence electrons. The Bertz CT molecular complexity index is 1370. The molecule has 0 aromatic heterocycles. The summed E-state index contributed by atoms with van der Waals surface area (Å²) in [4.78, 5) is 28.9. The second-order valence-corrected chi connectivity index (χ2v) is 11.7. The number of ether oxygens (including phenoxy) is 1. The van der Waals surface area contributed by atoms with Crippen molar-refractivity contribution in [2.45, 2.75) is 57.1 Å². The highest BCUT2D eigenvalue weighted by atomic mass is 35.5. The summed E-state index contributed by atoms with van der Waals surface area (Å²) in [5.41, 5.74) is 1.05. The number of rotatable bonds is 13. The molecule has 2 atom stereocenters. The Hall–Kier alpha value is -3.56. The SMILES string of the molecule is CC[C@H](C)NC(=O)[C@H](CC)N(Cc1ccc(OC)cc1)C(=O)CN(c1ccc(Cl)cc1)S(=O)(=O)c1ccccc1. The third-order valence-corrected chi connectivity index (χ3v) is 8.66. The summed E-state index contributed by atoms with van der Waals surface area (Å²) in [6.45, 7) is 5.28. The molecule has 1 N–H and O–H groups in total. The van der Waals surface area contributed by atoms with Crippen LogP contribution in [-0.4, -0.2) is 50.9 Å². The molecule has 0 spiro atoms. The van der Waals surface area contributed by atoms with Crippen molar-refractivity contribution in [2.75, 3.05) is 18.0 Å². The summed E-state index contributed by atoms with van der Waals surface area (Å²) in [5.74, 6) is -0.148. The van der Waals surface area contributed by atoms with E-state index in [-0.39, 0.29) is 29.1 Å². The van der Waals surface area contributed by atoms with Crippen LogP contribution in [0.15, 0.2) is 83.8 Å².